The van der Waals surface area contributed by atoms with Gasteiger partial charge in [0.05, 0.1) is 11.5 Å². The number of carbonyl (C=O) groups excluding carboxylic acids is 1. The molecule has 1 aliphatic heterocycles. The summed E-state index contributed by atoms with van der Waals surface area (Å²) in [4.78, 5) is 27.6. The normalized spacial score (nSPS) is 15.0. The van der Waals surface area contributed by atoms with E-state index in [-0.39, 0.29) is 12.3 Å². The van der Waals surface area contributed by atoms with E-state index in [1.54, 1.807) is 11.2 Å². The van der Waals surface area contributed by atoms with Crippen LogP contribution in [0.15, 0.2) is 18.6 Å². The molecule has 2 aromatic heterocycles. The molecule has 7 heteroatoms. The first-order chi connectivity index (χ1) is 11.8. The van der Waals surface area contributed by atoms with Gasteiger partial charge in [-0.25, -0.2) is 9.97 Å². The van der Waals surface area contributed by atoms with Crippen LogP contribution >= 0.6 is 0 Å². The Kier molecular flexibility index (Phi) is 6.55. The second kappa shape index (κ2) is 8.87. The molecule has 1 amide bonds. The maximum atomic E-state index is 11.9. The number of hydrogen-bond donors (Lipinski definition) is 1. The fourth-order valence-electron chi connectivity index (χ4n) is 2.82. The van der Waals surface area contributed by atoms with Crippen LogP contribution in [0, 0.1) is 11.3 Å². The van der Waals surface area contributed by atoms with Gasteiger partial charge in [0.1, 0.15) is 24.2 Å². The zero-order valence-corrected chi connectivity index (χ0v) is 14.3. The van der Waals surface area contributed by atoms with Crippen LogP contribution in [0.2, 0.25) is 0 Å². The van der Waals surface area contributed by atoms with E-state index in [4.69, 9.17) is 5.26 Å². The molecule has 2 aromatic rings. The largest absolute Gasteiger partial charge is 0.354 e. The number of amides is 1. The van der Waals surface area contributed by atoms with Crippen LogP contribution in [0.1, 0.15) is 33.1 Å². The summed E-state index contributed by atoms with van der Waals surface area (Å²) in [6.45, 7) is 6.99. The Morgan fingerprint density at radius 1 is 1.25 bits per heavy atom. The summed E-state index contributed by atoms with van der Waals surface area (Å²) in [5.74, 6) is 0.819. The van der Waals surface area contributed by atoms with Gasteiger partial charge in [-0.15, -0.1) is 0 Å². The van der Waals surface area contributed by atoms with Crippen LogP contribution < -0.4 is 4.90 Å². The van der Waals surface area contributed by atoms with E-state index >= 15 is 0 Å². The molecular weight excluding hydrogens is 304 g/mol. The molecule has 0 radical (unpaired) electrons. The number of fused-ring (bicyclic) bond motifs is 1. The minimum Gasteiger partial charge on any atom is -0.354 e. The highest BCUT2D eigenvalue weighted by Crippen LogP contribution is 2.23. The number of H-pyrrole nitrogens is 1. The number of aromatic nitrogens is 3. The van der Waals surface area contributed by atoms with Crippen molar-refractivity contribution in [2.45, 2.75) is 33.1 Å². The lowest BCUT2D eigenvalue weighted by atomic mass is 10.2. The molecular formula is C17H24N6O. The number of rotatable bonds is 2. The van der Waals surface area contributed by atoms with E-state index in [1.165, 1.54) is 0 Å². The van der Waals surface area contributed by atoms with Crippen LogP contribution in [0.25, 0.3) is 11.0 Å². The molecule has 1 fully saturated rings. The van der Waals surface area contributed by atoms with Gasteiger partial charge in [0.2, 0.25) is 5.91 Å². The Bertz CT molecular complexity index is 704. The second-order valence-corrected chi connectivity index (χ2v) is 5.35. The Morgan fingerprint density at radius 2 is 2.04 bits per heavy atom. The maximum Gasteiger partial charge on any atom is 0.236 e. The maximum absolute atomic E-state index is 11.9. The quantitative estimate of drug-likeness (QED) is 0.914. The van der Waals surface area contributed by atoms with Crippen molar-refractivity contribution in [3.63, 3.8) is 0 Å². The van der Waals surface area contributed by atoms with Crippen molar-refractivity contribution in [1.29, 1.82) is 5.26 Å². The van der Waals surface area contributed by atoms with Crippen LogP contribution in [-0.4, -0.2) is 51.9 Å². The molecule has 24 heavy (non-hydrogen) atoms. The fourth-order valence-corrected chi connectivity index (χ4v) is 2.82. The number of hydrogen-bond acceptors (Lipinski definition) is 5. The van der Waals surface area contributed by atoms with Gasteiger partial charge >= 0.3 is 0 Å². The first-order valence-corrected chi connectivity index (χ1v) is 8.47. The molecule has 1 N–H and O–H groups in total. The van der Waals surface area contributed by atoms with E-state index in [0.29, 0.717) is 13.1 Å². The van der Waals surface area contributed by atoms with Gasteiger partial charge in [0.15, 0.2) is 0 Å². The van der Waals surface area contributed by atoms with E-state index < -0.39 is 0 Å². The van der Waals surface area contributed by atoms with E-state index in [1.807, 2.05) is 32.2 Å². The number of anilines is 1. The highest BCUT2D eigenvalue weighted by Gasteiger charge is 2.19. The molecule has 0 bridgehead atoms. The van der Waals surface area contributed by atoms with Crippen molar-refractivity contribution in [2.24, 2.45) is 0 Å². The number of carbonyl (C=O) groups is 1. The first-order valence-electron chi connectivity index (χ1n) is 8.47. The summed E-state index contributed by atoms with van der Waals surface area (Å²) in [7, 11) is 0. The lowest BCUT2D eigenvalue weighted by molar-refractivity contribution is -0.130. The lowest BCUT2D eigenvalue weighted by Crippen LogP contribution is -2.42. The van der Waals surface area contributed by atoms with Gasteiger partial charge in [0, 0.05) is 32.4 Å². The molecule has 1 saturated heterocycles. The number of nitrogens with one attached hydrogen (secondary N) is 1. The highest BCUT2D eigenvalue weighted by atomic mass is 16.2. The molecule has 3 heterocycles. The predicted molar refractivity (Wildman–Crippen MR) is 93.5 cm³/mol. The molecule has 0 unspecified atom stereocenters. The summed E-state index contributed by atoms with van der Waals surface area (Å²) < 4.78 is 0. The summed E-state index contributed by atoms with van der Waals surface area (Å²) in [5.41, 5.74) is 0.824. The zero-order valence-electron chi connectivity index (χ0n) is 14.3. The third kappa shape index (κ3) is 4.02. The Labute approximate surface area is 142 Å². The Balaban J connectivity index is 0.00000100. The smallest absolute Gasteiger partial charge is 0.236 e. The average molecular weight is 328 g/mol. The standard InChI is InChI=1S/C15H18N6O.C2H6/c16-5-3-13(22)20-7-1-2-8-21(10-9-20)15-12-4-6-17-14(12)18-11-19-15;1-2/h4,6,11H,1-3,7-10H2,(H,17,18,19);1-2H3. The number of aromatic amines is 1. The molecule has 7 nitrogen and oxygen atoms in total. The van der Waals surface area contributed by atoms with Crippen molar-refractivity contribution < 1.29 is 4.79 Å². The molecule has 0 aromatic carbocycles. The number of nitriles is 1. The fraction of sp³-hybridized carbons (Fsp3) is 0.529. The summed E-state index contributed by atoms with van der Waals surface area (Å²) in [6, 6.07) is 3.91. The molecule has 0 aliphatic carbocycles. The van der Waals surface area contributed by atoms with Gasteiger partial charge in [-0.3, -0.25) is 4.79 Å². The molecule has 0 spiro atoms. The van der Waals surface area contributed by atoms with E-state index in [2.05, 4.69) is 19.9 Å². The van der Waals surface area contributed by atoms with Crippen molar-refractivity contribution in [3.05, 3.63) is 18.6 Å². The molecule has 0 saturated carbocycles. The minimum absolute atomic E-state index is 0.0461. The van der Waals surface area contributed by atoms with E-state index in [9.17, 15) is 4.79 Å². The second-order valence-electron chi connectivity index (χ2n) is 5.35. The molecule has 128 valence electrons. The topological polar surface area (TPSA) is 88.9 Å². The van der Waals surface area contributed by atoms with Crippen molar-refractivity contribution in [3.8, 4) is 6.07 Å². The van der Waals surface area contributed by atoms with Crippen LogP contribution in [0.3, 0.4) is 0 Å². The Morgan fingerprint density at radius 3 is 2.83 bits per heavy atom. The van der Waals surface area contributed by atoms with Gasteiger partial charge in [-0.05, 0) is 18.9 Å². The SMILES string of the molecule is CC.N#CCC(=O)N1CCCCN(c2ncnc3[nH]ccc23)CC1. The summed E-state index contributed by atoms with van der Waals surface area (Å²) in [5, 5.41) is 9.69. The number of nitrogens with zero attached hydrogens (tertiary/aromatic N) is 5. The van der Waals surface area contributed by atoms with E-state index in [0.717, 1.165) is 42.8 Å². The highest BCUT2D eigenvalue weighted by molar-refractivity contribution is 5.87. The monoisotopic (exact) mass is 328 g/mol. The van der Waals surface area contributed by atoms with Gasteiger partial charge in [0.25, 0.3) is 0 Å². The third-order valence-electron chi connectivity index (χ3n) is 3.96. The Hall–Kier alpha value is -2.62. The van der Waals surface area contributed by atoms with Crippen LogP contribution in [0.4, 0.5) is 5.82 Å². The minimum atomic E-state index is -0.0844. The first kappa shape index (κ1) is 17.7. The molecule has 0 atom stereocenters. The van der Waals surface area contributed by atoms with Gasteiger partial charge < -0.3 is 14.8 Å². The van der Waals surface area contributed by atoms with Crippen LogP contribution in [-0.2, 0) is 4.79 Å². The van der Waals surface area contributed by atoms with Crippen molar-refractivity contribution in [2.75, 3.05) is 31.1 Å². The van der Waals surface area contributed by atoms with Gasteiger partial charge in [-0.2, -0.15) is 5.26 Å². The summed E-state index contributed by atoms with van der Waals surface area (Å²) in [6.07, 6.45) is 5.30. The lowest BCUT2D eigenvalue weighted by Gasteiger charge is -2.31. The molecule has 3 rings (SSSR count). The zero-order chi connectivity index (χ0) is 17.4. The van der Waals surface area contributed by atoms with Crippen LogP contribution in [0.5, 0.6) is 0 Å². The molecule has 1 aliphatic rings. The van der Waals surface area contributed by atoms with Crippen molar-refractivity contribution >= 4 is 22.8 Å². The van der Waals surface area contributed by atoms with Gasteiger partial charge in [-0.1, -0.05) is 13.8 Å². The third-order valence-corrected chi connectivity index (χ3v) is 3.96. The summed E-state index contributed by atoms with van der Waals surface area (Å²) >= 11 is 0. The predicted octanol–water partition coefficient (Wildman–Crippen LogP) is 2.33. The van der Waals surface area contributed by atoms with Crippen molar-refractivity contribution in [1.82, 2.24) is 19.9 Å². The average Bonchev–Trinajstić information content (AvgIpc) is 3.06.